The van der Waals surface area contributed by atoms with Gasteiger partial charge in [-0.3, -0.25) is 24.2 Å². The lowest BCUT2D eigenvalue weighted by Gasteiger charge is -2.51. The van der Waals surface area contributed by atoms with Crippen LogP contribution in [0.4, 0.5) is 0 Å². The van der Waals surface area contributed by atoms with Crippen molar-refractivity contribution in [1.82, 2.24) is 25.6 Å². The standard InChI is InChI=1S/C27H33N5O7/c1-26(16-33,13-24(37)38)29-15-27(17-34)9-4-10-31-22(35)8-7-18(11-23(36)32(27)31)14-28-25(39)21-12-19-5-2-3-6-20(19)30-21/h2-3,5-6,12,16-18,29-30H,4,7-11,13-15H2,1H3,(H,28,39)(H,37,38)/t18?,26?,27-/m1/s1. The van der Waals surface area contributed by atoms with Crippen LogP contribution in [0.5, 0.6) is 0 Å². The number of H-pyrrole nitrogens is 1. The van der Waals surface area contributed by atoms with Crippen LogP contribution in [0.25, 0.3) is 10.9 Å². The number of hydrogen-bond acceptors (Lipinski definition) is 7. The van der Waals surface area contributed by atoms with Crippen molar-refractivity contribution >= 4 is 47.2 Å². The number of carboxylic acid groups (broad SMARTS) is 1. The zero-order valence-electron chi connectivity index (χ0n) is 21.8. The van der Waals surface area contributed by atoms with Crippen LogP contribution in [0.15, 0.2) is 30.3 Å². The first-order chi connectivity index (χ1) is 18.6. The molecule has 2 aromatic rings. The second-order valence-electron chi connectivity index (χ2n) is 10.6. The SMILES string of the molecule is CC(C=O)(CC(=O)O)NC[C@@]1(C=O)CCCN2C(=O)CCC(CNC(=O)c3cc4ccccc4[nH]3)CC(=O)N21. The van der Waals surface area contributed by atoms with Gasteiger partial charge in [0, 0.05) is 43.4 Å². The van der Waals surface area contributed by atoms with E-state index in [9.17, 15) is 33.9 Å². The molecule has 4 rings (SSSR count). The van der Waals surface area contributed by atoms with E-state index in [0.29, 0.717) is 31.1 Å². The lowest BCUT2D eigenvalue weighted by molar-refractivity contribution is -0.190. The fourth-order valence-corrected chi connectivity index (χ4v) is 5.32. The number of hydrazine groups is 1. The van der Waals surface area contributed by atoms with Crippen LogP contribution in [-0.2, 0) is 24.0 Å². The molecule has 0 saturated carbocycles. The fourth-order valence-electron chi connectivity index (χ4n) is 5.32. The maximum Gasteiger partial charge on any atom is 0.305 e. The number of benzene rings is 1. The summed E-state index contributed by atoms with van der Waals surface area (Å²) in [4.78, 5) is 78.0. The number of carbonyl (C=O) groups excluding carboxylic acids is 5. The summed E-state index contributed by atoms with van der Waals surface area (Å²) in [5.74, 6) is -2.64. The fraction of sp³-hybridized carbons (Fsp3) is 0.481. The van der Waals surface area contributed by atoms with Gasteiger partial charge in [-0.25, -0.2) is 5.01 Å². The topological polar surface area (TPSA) is 169 Å². The third-order valence-corrected chi connectivity index (χ3v) is 7.52. The van der Waals surface area contributed by atoms with Gasteiger partial charge in [-0.1, -0.05) is 18.2 Å². The van der Waals surface area contributed by atoms with Gasteiger partial charge < -0.3 is 30.3 Å². The van der Waals surface area contributed by atoms with E-state index in [-0.39, 0.29) is 56.6 Å². The third-order valence-electron chi connectivity index (χ3n) is 7.52. The smallest absolute Gasteiger partial charge is 0.305 e. The van der Waals surface area contributed by atoms with Gasteiger partial charge in [0.25, 0.3) is 5.91 Å². The van der Waals surface area contributed by atoms with Crippen LogP contribution < -0.4 is 10.6 Å². The molecule has 39 heavy (non-hydrogen) atoms. The van der Waals surface area contributed by atoms with Crippen molar-refractivity contribution in [3.05, 3.63) is 36.0 Å². The van der Waals surface area contributed by atoms with Crippen molar-refractivity contribution in [3.8, 4) is 0 Å². The molecular formula is C27H33N5O7. The van der Waals surface area contributed by atoms with E-state index in [0.717, 1.165) is 10.9 Å². The Bertz CT molecular complexity index is 1260. The number of aromatic amines is 1. The highest BCUT2D eigenvalue weighted by atomic mass is 16.4. The van der Waals surface area contributed by atoms with Crippen LogP contribution >= 0.6 is 0 Å². The largest absolute Gasteiger partial charge is 0.481 e. The van der Waals surface area contributed by atoms with Crippen molar-refractivity contribution in [3.63, 3.8) is 0 Å². The van der Waals surface area contributed by atoms with Crippen LogP contribution in [0.1, 0.15) is 55.9 Å². The quantitative estimate of drug-likeness (QED) is 0.325. The molecule has 0 aliphatic carbocycles. The second-order valence-corrected chi connectivity index (χ2v) is 10.6. The van der Waals surface area contributed by atoms with E-state index < -0.39 is 29.4 Å². The summed E-state index contributed by atoms with van der Waals surface area (Å²) in [6.45, 7) is 1.63. The van der Waals surface area contributed by atoms with Crippen molar-refractivity contribution in [2.24, 2.45) is 5.92 Å². The van der Waals surface area contributed by atoms with E-state index in [2.05, 4.69) is 15.6 Å². The van der Waals surface area contributed by atoms with Gasteiger partial charge in [-0.15, -0.1) is 0 Å². The number of fused-ring (bicyclic) bond motifs is 2. The summed E-state index contributed by atoms with van der Waals surface area (Å²) >= 11 is 0. The molecule has 2 aliphatic heterocycles. The summed E-state index contributed by atoms with van der Waals surface area (Å²) in [5, 5.41) is 18.3. The molecule has 0 bridgehead atoms. The average Bonchev–Trinajstić information content (AvgIpc) is 3.36. The lowest BCUT2D eigenvalue weighted by atomic mass is 9.87. The number of aliphatic carboxylic acids is 1. The van der Waals surface area contributed by atoms with Crippen molar-refractivity contribution in [2.45, 2.75) is 56.5 Å². The Kier molecular flexibility index (Phi) is 8.14. The van der Waals surface area contributed by atoms with Crippen LogP contribution in [0.2, 0.25) is 0 Å². The molecule has 3 amide bonds. The van der Waals surface area contributed by atoms with Gasteiger partial charge in [-0.2, -0.15) is 0 Å². The van der Waals surface area contributed by atoms with Gasteiger partial charge >= 0.3 is 5.97 Å². The summed E-state index contributed by atoms with van der Waals surface area (Å²) in [7, 11) is 0. The van der Waals surface area contributed by atoms with Crippen LogP contribution in [0, 0.1) is 5.92 Å². The van der Waals surface area contributed by atoms with Gasteiger partial charge in [0.05, 0.1) is 12.0 Å². The molecule has 1 aromatic heterocycles. The number of hydrogen-bond donors (Lipinski definition) is 4. The zero-order valence-corrected chi connectivity index (χ0v) is 21.8. The molecule has 4 N–H and O–H groups in total. The molecule has 1 aromatic carbocycles. The first-order valence-corrected chi connectivity index (χ1v) is 13.0. The van der Waals surface area contributed by atoms with E-state index in [1.54, 1.807) is 6.07 Å². The predicted octanol–water partition coefficient (Wildman–Crippen LogP) is 1.02. The minimum Gasteiger partial charge on any atom is -0.481 e. The molecule has 208 valence electrons. The number of rotatable bonds is 10. The molecule has 2 fully saturated rings. The number of carbonyl (C=O) groups is 6. The summed E-state index contributed by atoms with van der Waals surface area (Å²) in [5.41, 5.74) is -1.72. The Hall–Kier alpha value is -4.06. The number of aldehydes is 2. The number of para-hydroxylation sites is 1. The highest BCUT2D eigenvalue weighted by Gasteiger charge is 2.49. The average molecular weight is 540 g/mol. The molecule has 2 saturated heterocycles. The first kappa shape index (κ1) is 28.0. The minimum absolute atomic E-state index is 0.00751. The van der Waals surface area contributed by atoms with Crippen molar-refractivity contribution in [2.75, 3.05) is 19.6 Å². The Morgan fingerprint density at radius 1 is 1.23 bits per heavy atom. The number of nitrogens with zero attached hydrogens (tertiary/aromatic N) is 2. The predicted molar refractivity (Wildman–Crippen MR) is 139 cm³/mol. The molecule has 2 aliphatic rings. The highest BCUT2D eigenvalue weighted by molar-refractivity contribution is 5.98. The monoisotopic (exact) mass is 539 g/mol. The number of aromatic nitrogens is 1. The van der Waals surface area contributed by atoms with Crippen LogP contribution in [-0.4, -0.2) is 87.1 Å². The van der Waals surface area contributed by atoms with Gasteiger partial charge in [0.15, 0.2) is 0 Å². The van der Waals surface area contributed by atoms with Gasteiger partial charge in [-0.05, 0) is 44.2 Å². The third kappa shape index (κ3) is 6.00. The van der Waals surface area contributed by atoms with E-state index >= 15 is 0 Å². The van der Waals surface area contributed by atoms with E-state index in [1.807, 2.05) is 24.3 Å². The Labute approximate surface area is 225 Å². The summed E-state index contributed by atoms with van der Waals surface area (Å²) in [6, 6.07) is 9.23. The maximum absolute atomic E-state index is 13.6. The van der Waals surface area contributed by atoms with Gasteiger partial charge in [0.2, 0.25) is 11.8 Å². The molecule has 2 unspecified atom stereocenters. The minimum atomic E-state index is -1.47. The molecule has 3 atom stereocenters. The molecule has 0 radical (unpaired) electrons. The normalized spacial score (nSPS) is 23.4. The van der Waals surface area contributed by atoms with Crippen LogP contribution in [0.3, 0.4) is 0 Å². The van der Waals surface area contributed by atoms with Crippen molar-refractivity contribution < 1.29 is 33.9 Å². The molecule has 12 nitrogen and oxygen atoms in total. The van der Waals surface area contributed by atoms with E-state index in [4.69, 9.17) is 0 Å². The Balaban J connectivity index is 1.49. The number of carboxylic acids is 1. The number of amides is 3. The highest BCUT2D eigenvalue weighted by Crippen LogP contribution is 2.32. The maximum atomic E-state index is 13.6. The molecule has 3 heterocycles. The molecular weight excluding hydrogens is 506 g/mol. The lowest BCUT2D eigenvalue weighted by Crippen LogP contribution is -2.70. The summed E-state index contributed by atoms with van der Waals surface area (Å²) < 4.78 is 0. The molecule has 12 heteroatoms. The Morgan fingerprint density at radius 2 is 2.00 bits per heavy atom. The summed E-state index contributed by atoms with van der Waals surface area (Å²) in [6.07, 6.45) is 1.75. The number of nitrogens with one attached hydrogen (secondary N) is 3. The first-order valence-electron chi connectivity index (χ1n) is 13.0. The van der Waals surface area contributed by atoms with Gasteiger partial charge in [0.1, 0.15) is 23.8 Å². The second kappa shape index (κ2) is 11.4. The molecule has 0 spiro atoms. The zero-order chi connectivity index (χ0) is 28.2. The van der Waals surface area contributed by atoms with Crippen molar-refractivity contribution in [1.29, 1.82) is 0 Å². The van der Waals surface area contributed by atoms with E-state index in [1.165, 1.54) is 16.9 Å². The Morgan fingerprint density at radius 3 is 2.69 bits per heavy atom.